The maximum atomic E-state index is 12.6. The standard InChI is InChI=1S/C28H35N5O3/c1-3-9-26(34)31-21-14-15-25(29-18-21)27-24-16-22(12-7-8-13-23(24)19(2)32-33-27)36-28(35)30-17-20-10-5-4-6-11-20/h4-6,10-11,14-15,18,22-24H,3,7-9,12-13,16-17H2,1-2H3,(H,30,35)(H,31,34). The van der Waals surface area contributed by atoms with Crippen molar-refractivity contribution < 1.29 is 14.3 Å². The fourth-order valence-corrected chi connectivity index (χ4v) is 4.97. The summed E-state index contributed by atoms with van der Waals surface area (Å²) >= 11 is 0. The molecule has 8 heteroatoms. The number of anilines is 1. The van der Waals surface area contributed by atoms with Crippen LogP contribution in [0.15, 0.2) is 58.9 Å². The third kappa shape index (κ3) is 6.77. The molecular weight excluding hydrogens is 454 g/mol. The maximum absolute atomic E-state index is 12.6. The van der Waals surface area contributed by atoms with Gasteiger partial charge in [0.1, 0.15) is 6.10 Å². The van der Waals surface area contributed by atoms with Gasteiger partial charge in [-0.05, 0) is 56.7 Å². The zero-order valence-corrected chi connectivity index (χ0v) is 21.1. The molecule has 1 aliphatic carbocycles. The van der Waals surface area contributed by atoms with Gasteiger partial charge in [0.2, 0.25) is 5.91 Å². The smallest absolute Gasteiger partial charge is 0.407 e. The number of nitrogens with one attached hydrogen (secondary N) is 2. The number of alkyl carbamates (subject to hydrolysis) is 1. The Morgan fingerprint density at radius 2 is 1.83 bits per heavy atom. The van der Waals surface area contributed by atoms with Gasteiger partial charge >= 0.3 is 6.09 Å². The van der Waals surface area contributed by atoms with Crippen molar-refractivity contribution in [3.8, 4) is 0 Å². The van der Waals surface area contributed by atoms with Gasteiger partial charge in [-0.1, -0.05) is 43.7 Å². The Bertz CT molecular complexity index is 1100. The summed E-state index contributed by atoms with van der Waals surface area (Å²) in [5.74, 6) is 0.276. The van der Waals surface area contributed by atoms with E-state index in [0.717, 1.165) is 54.8 Å². The Balaban J connectivity index is 1.45. The third-order valence-corrected chi connectivity index (χ3v) is 6.84. The number of hydrogen-bond donors (Lipinski definition) is 2. The summed E-state index contributed by atoms with van der Waals surface area (Å²) < 4.78 is 5.89. The molecule has 0 radical (unpaired) electrons. The molecule has 1 aromatic heterocycles. The van der Waals surface area contributed by atoms with Gasteiger partial charge in [0.05, 0.1) is 23.3 Å². The van der Waals surface area contributed by atoms with Crippen LogP contribution < -0.4 is 10.6 Å². The van der Waals surface area contributed by atoms with Gasteiger partial charge in [0.25, 0.3) is 0 Å². The largest absolute Gasteiger partial charge is 0.446 e. The first-order chi connectivity index (χ1) is 17.5. The molecule has 2 aromatic rings. The first-order valence-electron chi connectivity index (χ1n) is 12.9. The third-order valence-electron chi connectivity index (χ3n) is 6.84. The van der Waals surface area contributed by atoms with Crippen molar-refractivity contribution in [2.24, 2.45) is 22.0 Å². The fourth-order valence-electron chi connectivity index (χ4n) is 4.97. The number of benzene rings is 1. The Kier molecular flexibility index (Phi) is 8.81. The van der Waals surface area contributed by atoms with Gasteiger partial charge in [-0.25, -0.2) is 4.79 Å². The number of fused-ring (bicyclic) bond motifs is 1. The van der Waals surface area contributed by atoms with Crippen molar-refractivity contribution in [2.45, 2.75) is 71.4 Å². The summed E-state index contributed by atoms with van der Waals surface area (Å²) in [7, 11) is 0. The Hall–Kier alpha value is -3.55. The summed E-state index contributed by atoms with van der Waals surface area (Å²) in [4.78, 5) is 29.1. The predicted molar refractivity (Wildman–Crippen MR) is 141 cm³/mol. The lowest BCUT2D eigenvalue weighted by atomic mass is 9.74. The topological polar surface area (TPSA) is 105 Å². The number of rotatable bonds is 7. The number of aromatic nitrogens is 1. The van der Waals surface area contributed by atoms with Crippen molar-refractivity contribution in [2.75, 3.05) is 5.32 Å². The van der Waals surface area contributed by atoms with E-state index in [1.165, 1.54) is 0 Å². The minimum Gasteiger partial charge on any atom is -0.446 e. The van der Waals surface area contributed by atoms with E-state index in [1.807, 2.05) is 56.3 Å². The van der Waals surface area contributed by atoms with Crippen LogP contribution in [0.25, 0.3) is 0 Å². The van der Waals surface area contributed by atoms with Crippen LogP contribution in [0.2, 0.25) is 0 Å². The minimum absolute atomic E-state index is 0.0205. The molecule has 2 amide bonds. The van der Waals surface area contributed by atoms with E-state index < -0.39 is 6.09 Å². The normalized spacial score (nSPS) is 21.7. The maximum Gasteiger partial charge on any atom is 0.407 e. The summed E-state index contributed by atoms with van der Waals surface area (Å²) in [6, 6.07) is 13.5. The van der Waals surface area contributed by atoms with E-state index in [4.69, 9.17) is 4.74 Å². The first kappa shape index (κ1) is 25.5. The van der Waals surface area contributed by atoms with E-state index in [-0.39, 0.29) is 23.8 Å². The van der Waals surface area contributed by atoms with Gasteiger partial charge in [-0.3, -0.25) is 9.78 Å². The van der Waals surface area contributed by atoms with Crippen LogP contribution >= 0.6 is 0 Å². The zero-order chi connectivity index (χ0) is 25.3. The molecule has 1 aliphatic heterocycles. The van der Waals surface area contributed by atoms with E-state index in [9.17, 15) is 9.59 Å². The van der Waals surface area contributed by atoms with Gasteiger partial charge < -0.3 is 15.4 Å². The average Bonchev–Trinajstić information content (AvgIpc) is 2.86. The number of hydrogen-bond acceptors (Lipinski definition) is 6. The van der Waals surface area contributed by atoms with Gasteiger partial charge in [0, 0.05) is 30.5 Å². The van der Waals surface area contributed by atoms with Gasteiger partial charge in [0.15, 0.2) is 0 Å². The molecule has 3 atom stereocenters. The molecule has 36 heavy (non-hydrogen) atoms. The molecule has 4 rings (SSSR count). The van der Waals surface area contributed by atoms with Crippen LogP contribution in [-0.4, -0.2) is 34.5 Å². The summed E-state index contributed by atoms with van der Waals surface area (Å²) in [6.07, 6.45) is 6.90. The Morgan fingerprint density at radius 3 is 2.58 bits per heavy atom. The van der Waals surface area contributed by atoms with E-state index in [2.05, 4.69) is 25.8 Å². The van der Waals surface area contributed by atoms with Crippen molar-refractivity contribution in [1.29, 1.82) is 0 Å². The molecular formula is C28H35N5O3. The number of carbonyl (C=O) groups is 2. The zero-order valence-electron chi connectivity index (χ0n) is 21.1. The molecule has 0 saturated heterocycles. The second-order valence-electron chi connectivity index (χ2n) is 9.56. The van der Waals surface area contributed by atoms with Crippen LogP contribution in [-0.2, 0) is 16.1 Å². The van der Waals surface area contributed by atoms with Crippen molar-refractivity contribution in [1.82, 2.24) is 10.3 Å². The van der Waals surface area contributed by atoms with Crippen molar-refractivity contribution in [3.05, 3.63) is 59.9 Å². The summed E-state index contributed by atoms with van der Waals surface area (Å²) in [5.41, 5.74) is 4.26. The van der Waals surface area contributed by atoms with Crippen LogP contribution in [0.5, 0.6) is 0 Å². The number of ether oxygens (including phenoxy) is 1. The van der Waals surface area contributed by atoms with Crippen molar-refractivity contribution in [3.63, 3.8) is 0 Å². The lowest BCUT2D eigenvalue weighted by molar-refractivity contribution is -0.116. The van der Waals surface area contributed by atoms with Crippen LogP contribution in [0, 0.1) is 11.8 Å². The molecule has 0 spiro atoms. The molecule has 8 nitrogen and oxygen atoms in total. The second kappa shape index (κ2) is 12.4. The molecule has 1 aromatic carbocycles. The number of amides is 2. The molecule has 3 unspecified atom stereocenters. The molecule has 0 bridgehead atoms. The number of pyridine rings is 1. The second-order valence-corrected chi connectivity index (χ2v) is 9.56. The molecule has 2 aliphatic rings. The monoisotopic (exact) mass is 489 g/mol. The minimum atomic E-state index is -0.397. The molecule has 2 heterocycles. The first-order valence-corrected chi connectivity index (χ1v) is 12.9. The molecule has 1 fully saturated rings. The lowest BCUT2D eigenvalue weighted by Crippen LogP contribution is -2.38. The van der Waals surface area contributed by atoms with Gasteiger partial charge in [-0.15, -0.1) is 0 Å². The molecule has 1 saturated carbocycles. The van der Waals surface area contributed by atoms with E-state index in [1.54, 1.807) is 6.20 Å². The summed E-state index contributed by atoms with van der Waals surface area (Å²) in [5, 5.41) is 14.8. The molecule has 2 N–H and O–H groups in total. The van der Waals surface area contributed by atoms with Crippen LogP contribution in [0.3, 0.4) is 0 Å². The van der Waals surface area contributed by atoms with Gasteiger partial charge in [-0.2, -0.15) is 10.2 Å². The highest BCUT2D eigenvalue weighted by Gasteiger charge is 2.36. The quantitative estimate of drug-likeness (QED) is 0.536. The highest BCUT2D eigenvalue weighted by atomic mass is 16.6. The number of carbonyl (C=O) groups excluding carboxylic acids is 2. The fraction of sp³-hybridized carbons (Fsp3) is 0.464. The Labute approximate surface area is 212 Å². The molecule has 190 valence electrons. The van der Waals surface area contributed by atoms with E-state index in [0.29, 0.717) is 25.1 Å². The SMILES string of the molecule is CCCC(=O)Nc1ccc(C2=NN=C(C)C3CCCCC(OC(=O)NCc4ccccc4)CC23)nc1. The number of nitrogens with zero attached hydrogens (tertiary/aromatic N) is 3. The highest BCUT2D eigenvalue weighted by molar-refractivity contribution is 6.06. The van der Waals surface area contributed by atoms with Crippen LogP contribution in [0.4, 0.5) is 10.5 Å². The lowest BCUT2D eigenvalue weighted by Gasteiger charge is -2.34. The Morgan fingerprint density at radius 1 is 1.03 bits per heavy atom. The summed E-state index contributed by atoms with van der Waals surface area (Å²) in [6.45, 7) is 4.43. The van der Waals surface area contributed by atoms with Crippen molar-refractivity contribution >= 4 is 29.1 Å². The predicted octanol–water partition coefficient (Wildman–Crippen LogP) is 5.49. The van der Waals surface area contributed by atoms with Crippen LogP contribution in [0.1, 0.15) is 70.1 Å². The van der Waals surface area contributed by atoms with E-state index >= 15 is 0 Å². The average molecular weight is 490 g/mol. The highest BCUT2D eigenvalue weighted by Crippen LogP contribution is 2.35.